The van der Waals surface area contributed by atoms with Crippen LogP contribution in [-0.2, 0) is 14.5 Å². The second-order valence-corrected chi connectivity index (χ2v) is 6.18. The third-order valence-corrected chi connectivity index (χ3v) is 3.73. The Morgan fingerprint density at radius 1 is 1.08 bits per heavy atom. The molecule has 0 saturated carbocycles. The van der Waals surface area contributed by atoms with Crippen molar-refractivity contribution < 1.29 is 19.3 Å². The van der Waals surface area contributed by atoms with Gasteiger partial charge in [0, 0.05) is 5.56 Å². The van der Waals surface area contributed by atoms with Crippen LogP contribution in [0.2, 0.25) is 0 Å². The first kappa shape index (κ1) is 21.0. The van der Waals surface area contributed by atoms with Crippen molar-refractivity contribution in [3.63, 3.8) is 0 Å². The molecule has 0 N–H and O–H groups in total. The number of aryl methyl sites for hydroxylation is 1. The molecule has 0 aliphatic carbocycles. The normalized spacial score (nSPS) is 11.6. The second-order valence-electron chi connectivity index (χ2n) is 5.65. The van der Waals surface area contributed by atoms with Crippen molar-refractivity contribution in [3.8, 4) is 0 Å². The van der Waals surface area contributed by atoms with Crippen LogP contribution in [0.3, 0.4) is 0 Å². The third-order valence-electron chi connectivity index (χ3n) is 3.31. The Hall–Kier alpha value is -2.07. The average Bonchev–Trinajstić information content (AvgIpc) is 2.58. The van der Waals surface area contributed by atoms with Gasteiger partial charge in [-0.05, 0) is 62.8 Å². The van der Waals surface area contributed by atoms with Crippen LogP contribution in [0.15, 0.2) is 28.5 Å². The number of unbranched alkanes of at least 4 members (excludes halogenated alkanes) is 3. The van der Waals surface area contributed by atoms with Crippen LogP contribution in [0.4, 0.5) is 0 Å². The van der Waals surface area contributed by atoms with Crippen molar-refractivity contribution in [3.05, 3.63) is 34.9 Å². The van der Waals surface area contributed by atoms with E-state index in [1.165, 1.54) is 0 Å². The molecule has 0 aliphatic heterocycles. The van der Waals surface area contributed by atoms with Crippen molar-refractivity contribution in [2.24, 2.45) is 10.3 Å². The lowest BCUT2D eigenvalue weighted by atomic mass is 10.1. The van der Waals surface area contributed by atoms with Gasteiger partial charge in [0.15, 0.2) is 5.52 Å². The Balaban J connectivity index is 2.09. The Morgan fingerprint density at radius 2 is 1.72 bits per heavy atom. The second kappa shape index (κ2) is 12.3. The molecule has 6 nitrogen and oxygen atoms in total. The monoisotopic (exact) mass is 364 g/mol. The van der Waals surface area contributed by atoms with E-state index in [9.17, 15) is 9.59 Å². The minimum Gasteiger partial charge on any atom is -0.396 e. The Morgan fingerprint density at radius 3 is 2.36 bits per heavy atom. The van der Waals surface area contributed by atoms with Crippen LogP contribution in [0.5, 0.6) is 0 Å². The molecular formula is C18H25N2O4P. The standard InChI is InChI=1S/C18H25N2O4P/c1-14-9-16(11-17(10-14)13-21)12-19-23-7-5-3-4-6-8-24-20-15(2)18(22)25/h9-13H,3-8,25H2,1-2H3. The molecule has 0 bridgehead atoms. The number of benzene rings is 1. The predicted octanol–water partition coefficient (Wildman–Crippen LogP) is 3.51. The smallest absolute Gasteiger partial charge is 0.195 e. The first-order chi connectivity index (χ1) is 12.0. The minimum atomic E-state index is -0.161. The number of nitrogens with zero attached hydrogens (tertiary/aromatic N) is 2. The summed E-state index contributed by atoms with van der Waals surface area (Å²) >= 11 is 0. The zero-order chi connectivity index (χ0) is 18.5. The highest BCUT2D eigenvalue weighted by atomic mass is 31.0. The fourth-order valence-electron chi connectivity index (χ4n) is 2.01. The number of hydrogen-bond acceptors (Lipinski definition) is 6. The zero-order valence-corrected chi connectivity index (χ0v) is 15.9. The maximum atomic E-state index is 10.9. The van der Waals surface area contributed by atoms with Crippen LogP contribution in [0.25, 0.3) is 0 Å². The number of carbonyl (C=O) groups excluding carboxylic acids is 2. The molecule has 0 fully saturated rings. The lowest BCUT2D eigenvalue weighted by molar-refractivity contribution is -0.105. The van der Waals surface area contributed by atoms with E-state index < -0.39 is 0 Å². The number of rotatable bonds is 12. The van der Waals surface area contributed by atoms with Crippen LogP contribution in [-0.4, -0.2) is 37.0 Å². The lowest BCUT2D eigenvalue weighted by Gasteiger charge is -2.02. The lowest BCUT2D eigenvalue weighted by Crippen LogP contribution is -2.02. The summed E-state index contributed by atoms with van der Waals surface area (Å²) in [5.41, 5.74) is 2.68. The summed E-state index contributed by atoms with van der Waals surface area (Å²) in [4.78, 5) is 32.0. The van der Waals surface area contributed by atoms with Crippen LogP contribution in [0.1, 0.15) is 54.1 Å². The van der Waals surface area contributed by atoms with E-state index in [4.69, 9.17) is 9.68 Å². The summed E-state index contributed by atoms with van der Waals surface area (Å²) in [5.74, 6) is 0. The molecule has 0 saturated heterocycles. The average molecular weight is 364 g/mol. The van der Waals surface area contributed by atoms with E-state index in [2.05, 4.69) is 19.6 Å². The van der Waals surface area contributed by atoms with Crippen LogP contribution in [0, 0.1) is 6.92 Å². The van der Waals surface area contributed by atoms with E-state index in [0.717, 1.165) is 43.1 Å². The molecule has 1 atom stereocenters. The number of aldehydes is 1. The van der Waals surface area contributed by atoms with Gasteiger partial charge in [0.2, 0.25) is 0 Å². The number of hydrogen-bond donors (Lipinski definition) is 0. The molecule has 0 amide bonds. The topological polar surface area (TPSA) is 77.3 Å². The maximum absolute atomic E-state index is 10.9. The van der Waals surface area contributed by atoms with Crippen molar-refractivity contribution in [1.29, 1.82) is 0 Å². The van der Waals surface area contributed by atoms with Gasteiger partial charge in [0.25, 0.3) is 0 Å². The molecule has 1 unspecified atom stereocenters. The van der Waals surface area contributed by atoms with Gasteiger partial charge < -0.3 is 9.68 Å². The largest absolute Gasteiger partial charge is 0.396 e. The summed E-state index contributed by atoms with van der Waals surface area (Å²) < 4.78 is 0. The molecule has 136 valence electrons. The quantitative estimate of drug-likeness (QED) is 0.187. The van der Waals surface area contributed by atoms with E-state index in [1.807, 2.05) is 19.1 Å². The Labute approximate surface area is 150 Å². The van der Waals surface area contributed by atoms with Crippen molar-refractivity contribution in [2.75, 3.05) is 13.2 Å². The molecule has 0 spiro atoms. The summed E-state index contributed by atoms with van der Waals surface area (Å²) in [6.07, 6.45) is 6.21. The van der Waals surface area contributed by atoms with E-state index >= 15 is 0 Å². The summed E-state index contributed by atoms with van der Waals surface area (Å²) in [6, 6.07) is 5.53. The van der Waals surface area contributed by atoms with Gasteiger partial charge in [0.05, 0.1) is 6.21 Å². The highest BCUT2D eigenvalue weighted by Gasteiger charge is 1.98. The summed E-state index contributed by atoms with van der Waals surface area (Å²) in [5, 5.41) is 7.63. The number of carbonyl (C=O) groups is 2. The molecule has 0 aromatic heterocycles. The molecule has 1 rings (SSSR count). The highest BCUT2D eigenvalue weighted by molar-refractivity contribution is 7.45. The molecule has 1 aromatic carbocycles. The van der Waals surface area contributed by atoms with Crippen molar-refractivity contribution in [2.45, 2.75) is 39.5 Å². The molecular weight excluding hydrogens is 339 g/mol. The molecule has 0 aliphatic rings. The number of oxime groups is 2. The van der Waals surface area contributed by atoms with Gasteiger partial charge in [-0.3, -0.25) is 9.59 Å². The van der Waals surface area contributed by atoms with Gasteiger partial charge in [0.1, 0.15) is 25.2 Å². The van der Waals surface area contributed by atoms with Gasteiger partial charge in [-0.1, -0.05) is 25.6 Å². The predicted molar refractivity (Wildman–Crippen MR) is 102 cm³/mol. The Bertz CT molecular complexity index is 630. The van der Waals surface area contributed by atoms with Gasteiger partial charge in [-0.2, -0.15) is 0 Å². The van der Waals surface area contributed by atoms with Crippen LogP contribution >= 0.6 is 9.24 Å². The highest BCUT2D eigenvalue weighted by Crippen LogP contribution is 2.06. The summed E-state index contributed by atoms with van der Waals surface area (Å²) in [6.45, 7) is 4.59. The van der Waals surface area contributed by atoms with Crippen molar-refractivity contribution >= 4 is 33.0 Å². The van der Waals surface area contributed by atoms with Gasteiger partial charge in [-0.25, -0.2) is 0 Å². The third kappa shape index (κ3) is 9.72. The van der Waals surface area contributed by atoms with E-state index in [-0.39, 0.29) is 5.52 Å². The fraction of sp³-hybridized carbons (Fsp3) is 0.444. The molecule has 0 heterocycles. The van der Waals surface area contributed by atoms with Gasteiger partial charge >= 0.3 is 0 Å². The van der Waals surface area contributed by atoms with E-state index in [1.54, 1.807) is 19.2 Å². The molecule has 7 heteroatoms. The first-order valence-corrected chi connectivity index (χ1v) is 8.79. The molecule has 1 aromatic rings. The molecule has 0 radical (unpaired) electrons. The maximum Gasteiger partial charge on any atom is 0.195 e. The zero-order valence-electron chi connectivity index (χ0n) is 14.7. The first-order valence-electron chi connectivity index (χ1n) is 8.21. The minimum absolute atomic E-state index is 0.161. The fourth-order valence-corrected chi connectivity index (χ4v) is 2.06. The van der Waals surface area contributed by atoms with Crippen LogP contribution < -0.4 is 0 Å². The Kier molecular flexibility index (Phi) is 10.3. The van der Waals surface area contributed by atoms with Crippen molar-refractivity contribution in [1.82, 2.24) is 0 Å². The molecule has 25 heavy (non-hydrogen) atoms. The SMILES string of the molecule is CC(=NOCCCCCCON=Cc1cc(C)cc(C=O)c1)C(=O)P. The summed E-state index contributed by atoms with van der Waals surface area (Å²) in [7, 11) is 2.06. The van der Waals surface area contributed by atoms with E-state index in [0.29, 0.717) is 24.5 Å². The van der Waals surface area contributed by atoms with Gasteiger partial charge in [-0.15, -0.1) is 0 Å².